The van der Waals surface area contributed by atoms with Crippen LogP contribution in [0.5, 0.6) is 0 Å². The number of amides is 6. The number of esters is 1. The van der Waals surface area contributed by atoms with E-state index >= 15 is 4.39 Å². The van der Waals surface area contributed by atoms with Crippen molar-refractivity contribution >= 4 is 52.3 Å². The smallest absolute Gasteiger partial charge is 0.343 e. The Kier molecular flexibility index (Phi) is 14.7. The number of nitrogens with two attached hydrogens (primary N) is 1. The fourth-order valence-electron chi connectivity index (χ4n) is 8.90. The van der Waals surface area contributed by atoms with Crippen LogP contribution in [0.3, 0.4) is 0 Å². The van der Waals surface area contributed by atoms with E-state index in [0.29, 0.717) is 58.2 Å². The highest BCUT2D eigenvalue weighted by molar-refractivity contribution is 5.95. The molecule has 0 fully saturated rings. The molecule has 3 atom stereocenters. The van der Waals surface area contributed by atoms with E-state index in [-0.39, 0.29) is 81.9 Å². The summed E-state index contributed by atoms with van der Waals surface area (Å²) in [6.07, 6.45) is 1.78. The second-order valence-corrected chi connectivity index (χ2v) is 16.9. The zero-order valence-electron chi connectivity index (χ0n) is 37.3. The monoisotopic (exact) mass is 923 g/mol. The van der Waals surface area contributed by atoms with Gasteiger partial charge >= 0.3 is 5.97 Å². The number of carbonyl (C=O) groups is 7. The first-order valence-corrected chi connectivity index (χ1v) is 22.4. The number of hydrogen-bond donors (Lipinski definition) is 8. The number of carbonyl (C=O) groups excluding carboxylic acids is 7. The Morgan fingerprint density at radius 3 is 2.39 bits per heavy atom. The third-order valence-electron chi connectivity index (χ3n) is 12.5. The van der Waals surface area contributed by atoms with Gasteiger partial charge in [0.1, 0.15) is 18.5 Å². The third-order valence-corrected chi connectivity index (χ3v) is 12.5. The average Bonchev–Trinajstić information content (AvgIpc) is 3.69. The summed E-state index contributed by atoms with van der Waals surface area (Å²) in [5.74, 6) is -4.44. The number of hydrogen-bond acceptors (Lipinski definition) is 12. The van der Waals surface area contributed by atoms with E-state index in [4.69, 9.17) is 15.5 Å². The normalized spacial score (nSPS) is 17.0. The maximum Gasteiger partial charge on any atom is 0.343 e. The Hall–Kier alpha value is -7.06. The van der Waals surface area contributed by atoms with Crippen LogP contribution in [0.25, 0.3) is 22.3 Å². The summed E-state index contributed by atoms with van der Waals surface area (Å²) in [6.45, 7) is 2.10. The fraction of sp³-hybridized carbons (Fsp3) is 0.426. The van der Waals surface area contributed by atoms with E-state index in [0.717, 1.165) is 11.1 Å². The maximum atomic E-state index is 15.3. The molecule has 2 aromatic carbocycles. The molecule has 67 heavy (non-hydrogen) atoms. The van der Waals surface area contributed by atoms with Crippen LogP contribution in [0.2, 0.25) is 0 Å². The number of aryl methyl sites for hydroxylation is 2. The summed E-state index contributed by atoms with van der Waals surface area (Å²) in [6, 6.07) is 10.6. The molecule has 0 saturated carbocycles. The second kappa shape index (κ2) is 20.6. The molecule has 9 N–H and O–H groups in total. The van der Waals surface area contributed by atoms with Crippen molar-refractivity contribution in [1.29, 1.82) is 0 Å². The average molecular weight is 924 g/mol. The van der Waals surface area contributed by atoms with Gasteiger partial charge in [-0.05, 0) is 73.8 Å². The standard InChI is InChI=1S/C47H54FN9O10/c1-3-47(66)30-18-35-43-28(23-57(35)45(64)29(30)24-67-46(47)65)42-32(14-12-27-25(2)31(48)19-34(56-43)41(27)42)54-37(59)10-7-17-50-38(60)21-53-44(63)33(13-11-26-8-5-4-6-9-26)55-40(62)22-52-39(61)20-51-36(58)15-16-49/h4-6,8-9,18-19,32-33,66H,3,7,10-17,20-24,49H2,1-2H3,(H,50,60)(H,51,58)(H,52,61)(H,53,63)(H,54,59)(H,55,62)/t32-,33-,47-/m0/s1. The number of nitrogens with zero attached hydrogens (tertiary/aromatic N) is 2. The van der Waals surface area contributed by atoms with E-state index in [2.05, 4.69) is 31.9 Å². The maximum absolute atomic E-state index is 15.3. The molecule has 6 amide bonds. The SMILES string of the molecule is CC[C@@]1(O)C(=O)OCc2c1cc1n(c2=O)Cc2c-1nc1cc(F)c(C)c3c1c2[C@@H](NC(=O)CCCNC(=O)CNC(=O)[C@H](CCc1ccccc1)NC(=O)CNC(=O)CNC(=O)CCN)CC3. The number of cyclic esters (lactones) is 1. The van der Waals surface area contributed by atoms with Crippen LogP contribution < -0.4 is 43.2 Å². The van der Waals surface area contributed by atoms with Crippen molar-refractivity contribution in [2.75, 3.05) is 32.7 Å². The zero-order chi connectivity index (χ0) is 48.0. The molecule has 2 aliphatic heterocycles. The minimum absolute atomic E-state index is 0.0229. The Morgan fingerprint density at radius 1 is 0.925 bits per heavy atom. The Bertz CT molecular complexity index is 2710. The zero-order valence-corrected chi connectivity index (χ0v) is 37.3. The molecule has 3 aliphatic rings. The summed E-state index contributed by atoms with van der Waals surface area (Å²) in [5, 5.41) is 27.8. The van der Waals surface area contributed by atoms with Gasteiger partial charge in [0.15, 0.2) is 5.60 Å². The summed E-state index contributed by atoms with van der Waals surface area (Å²) < 4.78 is 22.1. The number of ether oxygens (including phenoxy) is 1. The van der Waals surface area contributed by atoms with Crippen molar-refractivity contribution in [2.24, 2.45) is 5.73 Å². The molecule has 0 spiro atoms. The highest BCUT2D eigenvalue weighted by Crippen LogP contribution is 2.46. The van der Waals surface area contributed by atoms with Crippen molar-refractivity contribution in [2.45, 2.75) is 96.1 Å². The van der Waals surface area contributed by atoms with Crippen molar-refractivity contribution in [3.63, 3.8) is 0 Å². The number of aliphatic hydroxyl groups is 1. The van der Waals surface area contributed by atoms with Crippen LogP contribution in [0.1, 0.15) is 90.4 Å². The van der Waals surface area contributed by atoms with Crippen molar-refractivity contribution in [1.82, 2.24) is 41.5 Å². The van der Waals surface area contributed by atoms with Crippen LogP contribution >= 0.6 is 0 Å². The molecule has 20 heteroatoms. The number of pyridine rings is 2. The van der Waals surface area contributed by atoms with Gasteiger partial charge < -0.3 is 52.0 Å². The Balaban J connectivity index is 0.955. The predicted molar refractivity (Wildman–Crippen MR) is 240 cm³/mol. The molecule has 1 aliphatic carbocycles. The lowest BCUT2D eigenvalue weighted by Gasteiger charge is -2.31. The molecule has 7 rings (SSSR count). The van der Waals surface area contributed by atoms with Gasteiger partial charge in [-0.2, -0.15) is 0 Å². The van der Waals surface area contributed by atoms with Gasteiger partial charge in [-0.15, -0.1) is 0 Å². The van der Waals surface area contributed by atoms with Gasteiger partial charge in [-0.3, -0.25) is 33.6 Å². The number of rotatable bonds is 19. The highest BCUT2D eigenvalue weighted by Gasteiger charge is 2.46. The first kappa shape index (κ1) is 47.9. The first-order valence-electron chi connectivity index (χ1n) is 22.4. The van der Waals surface area contributed by atoms with E-state index in [1.807, 2.05) is 30.3 Å². The number of aromatic nitrogens is 2. The molecule has 0 saturated heterocycles. The van der Waals surface area contributed by atoms with E-state index in [1.165, 1.54) is 10.6 Å². The largest absolute Gasteiger partial charge is 0.458 e. The summed E-state index contributed by atoms with van der Waals surface area (Å²) in [5.41, 5.74) is 7.79. The van der Waals surface area contributed by atoms with Gasteiger partial charge in [-0.1, -0.05) is 37.3 Å². The van der Waals surface area contributed by atoms with E-state index in [1.54, 1.807) is 19.9 Å². The van der Waals surface area contributed by atoms with Crippen LogP contribution in [-0.4, -0.2) is 94.8 Å². The molecule has 2 aromatic heterocycles. The molecular weight excluding hydrogens is 870 g/mol. The molecule has 4 heterocycles. The van der Waals surface area contributed by atoms with Crippen LogP contribution in [0, 0.1) is 12.7 Å². The highest BCUT2D eigenvalue weighted by atomic mass is 19.1. The van der Waals surface area contributed by atoms with E-state index in [9.17, 15) is 43.5 Å². The molecule has 4 aromatic rings. The van der Waals surface area contributed by atoms with Gasteiger partial charge in [0, 0.05) is 48.5 Å². The van der Waals surface area contributed by atoms with Gasteiger partial charge in [-0.25, -0.2) is 14.2 Å². The van der Waals surface area contributed by atoms with Gasteiger partial charge in [0.25, 0.3) is 5.56 Å². The predicted octanol–water partition coefficient (Wildman–Crippen LogP) is 0.342. The lowest BCUT2D eigenvalue weighted by atomic mass is 9.81. The van der Waals surface area contributed by atoms with Gasteiger partial charge in [0.05, 0.1) is 54.7 Å². The number of fused-ring (bicyclic) bond motifs is 5. The minimum Gasteiger partial charge on any atom is -0.458 e. The van der Waals surface area contributed by atoms with Gasteiger partial charge in [0.2, 0.25) is 35.4 Å². The minimum atomic E-state index is -2.03. The Morgan fingerprint density at radius 2 is 1.64 bits per heavy atom. The second-order valence-electron chi connectivity index (χ2n) is 16.9. The first-order chi connectivity index (χ1) is 32.1. The lowest BCUT2D eigenvalue weighted by molar-refractivity contribution is -0.172. The van der Waals surface area contributed by atoms with Crippen molar-refractivity contribution in [3.05, 3.63) is 97.6 Å². The van der Waals surface area contributed by atoms with Crippen LogP contribution in [0.4, 0.5) is 4.39 Å². The Labute approximate surface area is 384 Å². The lowest BCUT2D eigenvalue weighted by Crippen LogP contribution is -2.51. The summed E-state index contributed by atoms with van der Waals surface area (Å²) in [4.78, 5) is 108. The van der Waals surface area contributed by atoms with Crippen molar-refractivity contribution in [3.8, 4) is 11.4 Å². The topological polar surface area (TPSA) is 282 Å². The molecule has 0 unspecified atom stereocenters. The summed E-state index contributed by atoms with van der Waals surface area (Å²) in [7, 11) is 0. The van der Waals surface area contributed by atoms with E-state index < -0.39 is 77.7 Å². The summed E-state index contributed by atoms with van der Waals surface area (Å²) >= 11 is 0. The van der Waals surface area contributed by atoms with Crippen LogP contribution in [0.15, 0.2) is 47.3 Å². The third kappa shape index (κ3) is 10.3. The quantitative estimate of drug-likeness (QED) is 0.0412. The molecule has 19 nitrogen and oxygen atoms in total. The van der Waals surface area contributed by atoms with Crippen molar-refractivity contribution < 1.29 is 47.8 Å². The number of halogens is 1. The van der Waals surface area contributed by atoms with Crippen LogP contribution in [-0.2, 0) is 69.9 Å². The number of nitrogens with one attached hydrogen (secondary N) is 6. The molecule has 0 bridgehead atoms. The molecule has 354 valence electrons. The fourth-order valence-corrected chi connectivity index (χ4v) is 8.90. The number of benzene rings is 2. The molecular formula is C47H54FN9O10. The molecule has 0 radical (unpaired) electrons.